The number of rotatable bonds is 8. The number of ether oxygens (including phenoxy) is 3. The van der Waals surface area contributed by atoms with Crippen LogP contribution in [0.3, 0.4) is 0 Å². The van der Waals surface area contributed by atoms with Gasteiger partial charge in [-0.05, 0) is 80.1 Å². The molecule has 3 aromatic rings. The van der Waals surface area contributed by atoms with Gasteiger partial charge in [-0.2, -0.15) is 5.10 Å². The van der Waals surface area contributed by atoms with E-state index in [0.29, 0.717) is 39.3 Å². The Morgan fingerprint density at radius 2 is 1.85 bits per heavy atom. The average molecular weight is 643 g/mol. The van der Waals surface area contributed by atoms with Crippen molar-refractivity contribution in [2.75, 3.05) is 19.0 Å². The van der Waals surface area contributed by atoms with Crippen molar-refractivity contribution < 1.29 is 33.4 Å². The lowest BCUT2D eigenvalue weighted by molar-refractivity contribution is -0.136. The van der Waals surface area contributed by atoms with Crippen molar-refractivity contribution in [3.05, 3.63) is 74.1 Å². The van der Waals surface area contributed by atoms with Gasteiger partial charge in [0.05, 0.1) is 31.1 Å². The van der Waals surface area contributed by atoms with E-state index < -0.39 is 23.8 Å². The molecule has 12 heteroatoms. The molecular weight excluding hydrogens is 614 g/mol. The quantitative estimate of drug-likeness (QED) is 0.115. The summed E-state index contributed by atoms with van der Waals surface area (Å²) < 4.78 is 16.5. The highest BCUT2D eigenvalue weighted by Gasteiger charge is 2.30. The molecule has 0 aliphatic heterocycles. The van der Waals surface area contributed by atoms with Gasteiger partial charge in [-0.3, -0.25) is 9.59 Å². The highest BCUT2D eigenvalue weighted by atomic mass is 79.9. The normalized spacial score (nSPS) is 14.2. The van der Waals surface area contributed by atoms with Gasteiger partial charge < -0.3 is 19.5 Å². The first-order valence-corrected chi connectivity index (χ1v) is 14.4. The molecule has 0 radical (unpaired) electrons. The first kappa shape index (κ1) is 29.9. The Balaban J connectivity index is 1.44. The van der Waals surface area contributed by atoms with Crippen LogP contribution >= 0.6 is 27.3 Å². The van der Waals surface area contributed by atoms with Gasteiger partial charge in [0.2, 0.25) is 0 Å². The average Bonchev–Trinajstić information content (AvgIpc) is 3.31. The second-order valence-corrected chi connectivity index (χ2v) is 11.3. The number of hydrogen-bond acceptors (Lipinski definition) is 9. The van der Waals surface area contributed by atoms with E-state index in [1.165, 1.54) is 24.7 Å². The molecule has 41 heavy (non-hydrogen) atoms. The minimum Gasteiger partial charge on any atom is -0.497 e. The van der Waals surface area contributed by atoms with Crippen LogP contribution in [0.2, 0.25) is 0 Å². The van der Waals surface area contributed by atoms with E-state index in [9.17, 15) is 19.2 Å². The highest BCUT2D eigenvalue weighted by Crippen LogP contribution is 2.40. The Labute approximate surface area is 249 Å². The van der Waals surface area contributed by atoms with Crippen molar-refractivity contribution in [1.82, 2.24) is 5.43 Å². The van der Waals surface area contributed by atoms with Crippen LogP contribution in [-0.4, -0.2) is 43.7 Å². The van der Waals surface area contributed by atoms with Gasteiger partial charge in [-0.1, -0.05) is 22.9 Å². The topological polar surface area (TPSA) is 132 Å². The van der Waals surface area contributed by atoms with E-state index in [2.05, 4.69) is 38.7 Å². The van der Waals surface area contributed by atoms with Crippen molar-refractivity contribution in [3.8, 4) is 11.5 Å². The number of carbonyl (C=O) groups excluding carboxylic acids is 4. The number of benzene rings is 2. The van der Waals surface area contributed by atoms with Crippen LogP contribution < -0.4 is 20.2 Å². The summed E-state index contributed by atoms with van der Waals surface area (Å²) in [6, 6.07) is 11.3. The first-order chi connectivity index (χ1) is 19.7. The number of fused-ring (bicyclic) bond motifs is 1. The zero-order valence-electron chi connectivity index (χ0n) is 22.6. The lowest BCUT2D eigenvalue weighted by atomic mass is 9.88. The minimum absolute atomic E-state index is 0.189. The number of thiophene rings is 1. The Morgan fingerprint density at radius 3 is 2.56 bits per heavy atom. The molecule has 1 atom stereocenters. The van der Waals surface area contributed by atoms with Gasteiger partial charge in [0.25, 0.3) is 0 Å². The molecule has 0 spiro atoms. The number of methoxy groups -OCH3 is 1. The smallest absolute Gasteiger partial charge is 0.343 e. The van der Waals surface area contributed by atoms with Gasteiger partial charge in [-0.25, -0.2) is 15.0 Å². The van der Waals surface area contributed by atoms with E-state index in [4.69, 9.17) is 14.2 Å². The summed E-state index contributed by atoms with van der Waals surface area (Å²) in [5, 5.41) is 6.70. The molecule has 4 rings (SSSR count). The molecule has 2 aromatic carbocycles. The van der Waals surface area contributed by atoms with Crippen LogP contribution in [0.25, 0.3) is 0 Å². The summed E-state index contributed by atoms with van der Waals surface area (Å²) >= 11 is 4.64. The fraction of sp³-hybridized carbons (Fsp3) is 0.276. The second kappa shape index (κ2) is 13.6. The lowest BCUT2D eigenvalue weighted by Gasteiger charge is -2.18. The molecular formula is C29H28BrN3O7S. The Kier molecular flexibility index (Phi) is 9.90. The fourth-order valence-electron chi connectivity index (χ4n) is 4.23. The molecule has 214 valence electrons. The van der Waals surface area contributed by atoms with Crippen molar-refractivity contribution in [2.45, 2.75) is 33.1 Å². The van der Waals surface area contributed by atoms with E-state index in [0.717, 1.165) is 23.3 Å². The lowest BCUT2D eigenvalue weighted by Crippen LogP contribution is -2.32. The van der Waals surface area contributed by atoms with Crippen LogP contribution in [0, 0.1) is 5.92 Å². The zero-order valence-corrected chi connectivity index (χ0v) is 25.0. The number of carbonyl (C=O) groups is 4. The Bertz CT molecular complexity index is 1500. The van der Waals surface area contributed by atoms with E-state index in [-0.39, 0.29) is 17.4 Å². The second-order valence-electron chi connectivity index (χ2n) is 9.23. The Morgan fingerprint density at radius 1 is 1.10 bits per heavy atom. The maximum atomic E-state index is 12.7. The molecule has 1 aromatic heterocycles. The number of hydrogen-bond donors (Lipinski definition) is 2. The molecule has 0 bridgehead atoms. The van der Waals surface area contributed by atoms with E-state index in [1.54, 1.807) is 49.4 Å². The monoisotopic (exact) mass is 641 g/mol. The molecule has 1 aliphatic carbocycles. The summed E-state index contributed by atoms with van der Waals surface area (Å²) in [5.74, 6) is -1.91. The SMILES string of the molecule is CCOC(=O)c1c(NC(=O)C(=O)NN=Cc2cc(Br)ccc2OC(=O)c2ccc(OC)cc2)sc2c1CCC(C)C2. The molecule has 10 nitrogen and oxygen atoms in total. The highest BCUT2D eigenvalue weighted by molar-refractivity contribution is 9.10. The number of hydrazone groups is 1. The standard InChI is InChI=1S/C29H28BrN3O7S/c1-4-39-29(37)24-21-11-5-16(2)13-23(21)41-27(24)32-25(34)26(35)33-31-15-18-14-19(30)8-12-22(18)40-28(36)17-6-9-20(38-3)10-7-17/h6-10,12,14-16H,4-5,11,13H2,1-3H3,(H,32,34)(H,33,35). The summed E-state index contributed by atoms with van der Waals surface area (Å²) in [4.78, 5) is 51.6. The number of nitrogens with zero attached hydrogens (tertiary/aromatic N) is 1. The van der Waals surface area contributed by atoms with Crippen LogP contribution in [0.4, 0.5) is 5.00 Å². The maximum absolute atomic E-state index is 12.7. The molecule has 0 fully saturated rings. The number of anilines is 1. The van der Waals surface area contributed by atoms with Gasteiger partial charge >= 0.3 is 23.8 Å². The number of amides is 2. The third-order valence-electron chi connectivity index (χ3n) is 6.29. The largest absolute Gasteiger partial charge is 0.497 e. The summed E-state index contributed by atoms with van der Waals surface area (Å²) in [6.07, 6.45) is 3.66. The molecule has 1 heterocycles. The Hall–Kier alpha value is -4.03. The van der Waals surface area contributed by atoms with Gasteiger partial charge in [0.15, 0.2) is 0 Å². The van der Waals surface area contributed by atoms with Gasteiger partial charge in [-0.15, -0.1) is 11.3 Å². The molecule has 2 N–H and O–H groups in total. The fourth-order valence-corrected chi connectivity index (χ4v) is 6.00. The van der Waals surface area contributed by atoms with Crippen LogP contribution in [-0.2, 0) is 27.2 Å². The van der Waals surface area contributed by atoms with E-state index in [1.807, 2.05) is 0 Å². The third kappa shape index (κ3) is 7.39. The summed E-state index contributed by atoms with van der Waals surface area (Å²) in [7, 11) is 1.53. The van der Waals surface area contributed by atoms with Gasteiger partial charge in [0, 0.05) is 14.9 Å². The molecule has 0 saturated carbocycles. The maximum Gasteiger partial charge on any atom is 0.343 e. The van der Waals surface area contributed by atoms with Gasteiger partial charge in [0.1, 0.15) is 16.5 Å². The van der Waals surface area contributed by atoms with Crippen molar-refractivity contribution >= 4 is 62.2 Å². The minimum atomic E-state index is -1.04. The molecule has 1 aliphatic rings. The predicted octanol–water partition coefficient (Wildman–Crippen LogP) is 5.13. The summed E-state index contributed by atoms with van der Waals surface area (Å²) in [5.41, 5.74) is 4.03. The van der Waals surface area contributed by atoms with Crippen molar-refractivity contribution in [1.29, 1.82) is 0 Å². The number of nitrogens with one attached hydrogen (secondary N) is 2. The van der Waals surface area contributed by atoms with Crippen LogP contribution in [0.15, 0.2) is 52.0 Å². The molecule has 1 unspecified atom stereocenters. The predicted molar refractivity (Wildman–Crippen MR) is 158 cm³/mol. The zero-order chi connectivity index (χ0) is 29.5. The molecule has 0 saturated heterocycles. The van der Waals surface area contributed by atoms with Crippen molar-refractivity contribution in [3.63, 3.8) is 0 Å². The first-order valence-electron chi connectivity index (χ1n) is 12.8. The van der Waals surface area contributed by atoms with Crippen molar-refractivity contribution in [2.24, 2.45) is 11.0 Å². The van der Waals surface area contributed by atoms with Crippen LogP contribution in [0.5, 0.6) is 11.5 Å². The third-order valence-corrected chi connectivity index (χ3v) is 7.96. The van der Waals surface area contributed by atoms with E-state index >= 15 is 0 Å². The molecule has 2 amide bonds. The summed E-state index contributed by atoms with van der Waals surface area (Å²) in [6.45, 7) is 4.03. The number of esters is 2. The number of halogens is 1. The van der Waals surface area contributed by atoms with Crippen LogP contribution in [0.1, 0.15) is 57.0 Å².